The highest BCUT2D eigenvalue weighted by molar-refractivity contribution is 6.33. The number of nitrogens with one attached hydrogen (secondary N) is 2. The lowest BCUT2D eigenvalue weighted by molar-refractivity contribution is -0.384. The zero-order valence-corrected chi connectivity index (χ0v) is 10.7. The average molecular weight is 280 g/mol. The van der Waals surface area contributed by atoms with Crippen LogP contribution in [0.25, 0.3) is 0 Å². The van der Waals surface area contributed by atoms with Gasteiger partial charge in [0.15, 0.2) is 0 Å². The smallest absolute Gasteiger partial charge is 0.329 e. The highest BCUT2D eigenvalue weighted by Gasteiger charge is 2.17. The summed E-state index contributed by atoms with van der Waals surface area (Å²) in [4.78, 5) is 18.2. The summed E-state index contributed by atoms with van der Waals surface area (Å²) in [5.41, 5.74) is 0.312. The molecule has 0 amide bonds. The third-order valence-electron chi connectivity index (χ3n) is 2.32. The first-order valence-corrected chi connectivity index (χ1v) is 5.70. The van der Waals surface area contributed by atoms with E-state index in [0.717, 1.165) is 6.20 Å². The highest BCUT2D eigenvalue weighted by Crippen LogP contribution is 2.29. The Morgan fingerprint density at radius 2 is 2.11 bits per heavy atom. The van der Waals surface area contributed by atoms with Crippen molar-refractivity contribution in [3.8, 4) is 0 Å². The van der Waals surface area contributed by atoms with E-state index in [0.29, 0.717) is 10.7 Å². The van der Waals surface area contributed by atoms with Crippen LogP contribution in [0.5, 0.6) is 0 Å². The van der Waals surface area contributed by atoms with Crippen LogP contribution in [0.1, 0.15) is 0 Å². The molecule has 0 aliphatic rings. The van der Waals surface area contributed by atoms with Crippen LogP contribution in [0.4, 0.5) is 23.1 Å². The molecule has 0 fully saturated rings. The normalized spacial score (nSPS) is 10.0. The molecule has 0 bridgehead atoms. The second-order valence-electron chi connectivity index (χ2n) is 3.54. The Morgan fingerprint density at radius 3 is 2.74 bits per heavy atom. The Kier molecular flexibility index (Phi) is 3.76. The van der Waals surface area contributed by atoms with Crippen LogP contribution in [-0.2, 0) is 0 Å². The topological polar surface area (TPSA) is 93.0 Å². The van der Waals surface area contributed by atoms with Gasteiger partial charge in [-0.05, 0) is 12.1 Å². The maximum atomic E-state index is 10.9. The predicted octanol–water partition coefficient (Wildman–Crippen LogP) is 2.82. The SMILES string of the molecule is CNc1ncc([N+](=O)[O-])c(Nc2ccccc2Cl)n1. The second-order valence-corrected chi connectivity index (χ2v) is 3.95. The molecule has 7 nitrogen and oxygen atoms in total. The van der Waals surface area contributed by atoms with Gasteiger partial charge in [0, 0.05) is 7.05 Å². The van der Waals surface area contributed by atoms with Crippen molar-refractivity contribution in [3.63, 3.8) is 0 Å². The quantitative estimate of drug-likeness (QED) is 0.660. The maximum absolute atomic E-state index is 10.9. The largest absolute Gasteiger partial charge is 0.357 e. The van der Waals surface area contributed by atoms with Crippen LogP contribution in [0.2, 0.25) is 5.02 Å². The molecule has 2 aromatic rings. The first-order valence-electron chi connectivity index (χ1n) is 5.32. The first-order chi connectivity index (χ1) is 9.11. The summed E-state index contributed by atoms with van der Waals surface area (Å²) < 4.78 is 0. The molecule has 8 heteroatoms. The number of halogens is 1. The van der Waals surface area contributed by atoms with E-state index in [1.165, 1.54) is 0 Å². The zero-order chi connectivity index (χ0) is 13.8. The number of anilines is 3. The molecule has 0 aliphatic carbocycles. The minimum atomic E-state index is -0.557. The summed E-state index contributed by atoms with van der Waals surface area (Å²) in [6.07, 6.45) is 1.14. The number of para-hydroxylation sites is 1. The fourth-order valence-electron chi connectivity index (χ4n) is 1.41. The van der Waals surface area contributed by atoms with Crippen LogP contribution in [0.3, 0.4) is 0 Å². The van der Waals surface area contributed by atoms with Gasteiger partial charge in [0.25, 0.3) is 0 Å². The standard InChI is InChI=1S/C11H10ClN5O2/c1-13-11-14-6-9(17(18)19)10(16-11)15-8-5-3-2-4-7(8)12/h2-6H,1H3,(H2,13,14,15,16). The number of rotatable bonds is 4. The fraction of sp³-hybridized carbons (Fsp3) is 0.0909. The lowest BCUT2D eigenvalue weighted by Gasteiger charge is -2.08. The van der Waals surface area contributed by atoms with Crippen molar-refractivity contribution in [2.24, 2.45) is 0 Å². The minimum absolute atomic E-state index is 0.0810. The molecule has 1 heterocycles. The molecule has 0 spiro atoms. The molecule has 19 heavy (non-hydrogen) atoms. The summed E-state index contributed by atoms with van der Waals surface area (Å²) >= 11 is 5.99. The lowest BCUT2D eigenvalue weighted by atomic mass is 10.3. The molecule has 98 valence electrons. The van der Waals surface area contributed by atoms with E-state index < -0.39 is 4.92 Å². The summed E-state index contributed by atoms with van der Waals surface area (Å²) in [6, 6.07) is 6.91. The zero-order valence-electron chi connectivity index (χ0n) is 9.92. The van der Waals surface area contributed by atoms with E-state index in [-0.39, 0.29) is 17.5 Å². The van der Waals surface area contributed by atoms with E-state index >= 15 is 0 Å². The molecule has 2 rings (SSSR count). The molecule has 0 atom stereocenters. The summed E-state index contributed by atoms with van der Waals surface area (Å²) in [7, 11) is 1.63. The second kappa shape index (κ2) is 5.49. The predicted molar refractivity (Wildman–Crippen MR) is 73.0 cm³/mol. The molecule has 1 aromatic carbocycles. The van der Waals surface area contributed by atoms with Crippen molar-refractivity contribution >= 4 is 34.7 Å². The van der Waals surface area contributed by atoms with Crippen LogP contribution in [-0.4, -0.2) is 21.9 Å². The van der Waals surface area contributed by atoms with Crippen LogP contribution in [0, 0.1) is 10.1 Å². The highest BCUT2D eigenvalue weighted by atomic mass is 35.5. The first kappa shape index (κ1) is 13.0. The minimum Gasteiger partial charge on any atom is -0.357 e. The van der Waals surface area contributed by atoms with Crippen LogP contribution >= 0.6 is 11.6 Å². The van der Waals surface area contributed by atoms with Gasteiger partial charge in [-0.15, -0.1) is 0 Å². The molecule has 1 aromatic heterocycles. The third-order valence-corrected chi connectivity index (χ3v) is 2.65. The maximum Gasteiger partial charge on any atom is 0.329 e. The van der Waals surface area contributed by atoms with Gasteiger partial charge in [-0.2, -0.15) is 4.98 Å². The molecular formula is C11H10ClN5O2. The summed E-state index contributed by atoms with van der Waals surface area (Å²) in [5, 5.41) is 16.9. The van der Waals surface area contributed by atoms with Gasteiger partial charge >= 0.3 is 5.69 Å². The number of aromatic nitrogens is 2. The van der Waals surface area contributed by atoms with Crippen LogP contribution in [0.15, 0.2) is 30.5 Å². The summed E-state index contributed by atoms with van der Waals surface area (Å²) in [5.74, 6) is 0.359. The van der Waals surface area contributed by atoms with Gasteiger partial charge in [-0.1, -0.05) is 23.7 Å². The fourth-order valence-corrected chi connectivity index (χ4v) is 1.59. The molecule has 0 saturated heterocycles. The van der Waals surface area contributed by atoms with Gasteiger partial charge in [0.05, 0.1) is 15.6 Å². The Balaban J connectivity index is 2.43. The molecular weight excluding hydrogens is 270 g/mol. The monoisotopic (exact) mass is 279 g/mol. The third kappa shape index (κ3) is 2.89. The molecule has 0 unspecified atom stereocenters. The van der Waals surface area contributed by atoms with Gasteiger partial charge < -0.3 is 10.6 Å². The van der Waals surface area contributed by atoms with Crippen molar-refractivity contribution in [1.82, 2.24) is 9.97 Å². The lowest BCUT2D eigenvalue weighted by Crippen LogP contribution is -2.04. The molecule has 0 radical (unpaired) electrons. The van der Waals surface area contributed by atoms with E-state index in [1.54, 1.807) is 31.3 Å². The van der Waals surface area contributed by atoms with E-state index in [4.69, 9.17) is 11.6 Å². The van der Waals surface area contributed by atoms with Crippen molar-refractivity contribution in [2.75, 3.05) is 17.7 Å². The molecule has 2 N–H and O–H groups in total. The van der Waals surface area contributed by atoms with Gasteiger partial charge in [-0.3, -0.25) is 10.1 Å². The number of nitrogens with zero attached hydrogens (tertiary/aromatic N) is 3. The van der Waals surface area contributed by atoms with Crippen molar-refractivity contribution in [2.45, 2.75) is 0 Å². The Morgan fingerprint density at radius 1 is 1.37 bits per heavy atom. The average Bonchev–Trinajstić information content (AvgIpc) is 2.41. The van der Waals surface area contributed by atoms with Crippen molar-refractivity contribution in [1.29, 1.82) is 0 Å². The van der Waals surface area contributed by atoms with Crippen LogP contribution < -0.4 is 10.6 Å². The van der Waals surface area contributed by atoms with E-state index in [1.807, 2.05) is 0 Å². The van der Waals surface area contributed by atoms with E-state index in [9.17, 15) is 10.1 Å². The van der Waals surface area contributed by atoms with Crippen molar-refractivity contribution in [3.05, 3.63) is 45.6 Å². The Labute approximate surface area is 113 Å². The van der Waals surface area contributed by atoms with Gasteiger partial charge in [-0.25, -0.2) is 4.98 Å². The molecule has 0 saturated carbocycles. The Hall–Kier alpha value is -2.41. The Bertz CT molecular complexity index is 620. The van der Waals surface area contributed by atoms with Crippen molar-refractivity contribution < 1.29 is 4.92 Å². The van der Waals surface area contributed by atoms with Gasteiger partial charge in [0.1, 0.15) is 6.20 Å². The number of hydrogen-bond acceptors (Lipinski definition) is 6. The number of benzene rings is 1. The number of hydrogen-bond donors (Lipinski definition) is 2. The molecule has 0 aliphatic heterocycles. The summed E-state index contributed by atoms with van der Waals surface area (Å²) in [6.45, 7) is 0. The van der Waals surface area contributed by atoms with Gasteiger partial charge in [0.2, 0.25) is 11.8 Å². The van der Waals surface area contributed by atoms with E-state index in [2.05, 4.69) is 20.6 Å². The number of nitro groups is 1.